The quantitative estimate of drug-likeness (QED) is 0.694. The van der Waals surface area contributed by atoms with E-state index in [0.29, 0.717) is 47.4 Å². The van der Waals surface area contributed by atoms with E-state index in [-0.39, 0.29) is 11.8 Å². The van der Waals surface area contributed by atoms with Gasteiger partial charge in [-0.05, 0) is 36.4 Å². The molecular weight excluding hydrogens is 427 g/mol. The Morgan fingerprint density at radius 2 is 1.52 bits per heavy atom. The van der Waals surface area contributed by atoms with Crippen LogP contribution < -0.4 is 0 Å². The number of amides is 2. The Hall–Kier alpha value is -1.56. The molecule has 2 aromatic rings. The number of rotatable bonds is 2. The van der Waals surface area contributed by atoms with Crippen molar-refractivity contribution in [2.24, 2.45) is 0 Å². The highest BCUT2D eigenvalue weighted by molar-refractivity contribution is 9.10. The maximum Gasteiger partial charge on any atom is 0.255 e. The fourth-order valence-electron chi connectivity index (χ4n) is 2.75. The Balaban J connectivity index is 1.65. The van der Waals surface area contributed by atoms with Crippen LogP contribution in [0, 0.1) is 0 Å². The van der Waals surface area contributed by atoms with Crippen LogP contribution in [0.1, 0.15) is 20.7 Å². The van der Waals surface area contributed by atoms with E-state index < -0.39 is 0 Å². The third-order valence-electron chi connectivity index (χ3n) is 4.09. The molecular formula is C18H15BrCl2N2O2. The van der Waals surface area contributed by atoms with Crippen LogP contribution in [0.2, 0.25) is 10.0 Å². The van der Waals surface area contributed by atoms with Crippen molar-refractivity contribution in [2.45, 2.75) is 0 Å². The smallest absolute Gasteiger partial charge is 0.255 e. The van der Waals surface area contributed by atoms with E-state index in [2.05, 4.69) is 15.9 Å². The van der Waals surface area contributed by atoms with E-state index in [1.165, 1.54) is 0 Å². The Morgan fingerprint density at radius 3 is 2.12 bits per heavy atom. The van der Waals surface area contributed by atoms with E-state index in [0.717, 1.165) is 4.47 Å². The van der Waals surface area contributed by atoms with Gasteiger partial charge in [0.15, 0.2) is 0 Å². The minimum absolute atomic E-state index is 0.0297. The molecule has 1 fully saturated rings. The molecule has 3 rings (SSSR count). The van der Waals surface area contributed by atoms with Gasteiger partial charge >= 0.3 is 0 Å². The Labute approximate surface area is 164 Å². The van der Waals surface area contributed by atoms with Crippen molar-refractivity contribution < 1.29 is 9.59 Å². The molecule has 1 aliphatic rings. The van der Waals surface area contributed by atoms with Gasteiger partial charge in [0.1, 0.15) is 0 Å². The number of benzene rings is 2. The summed E-state index contributed by atoms with van der Waals surface area (Å²) in [5.41, 5.74) is 1.06. The second-order valence-electron chi connectivity index (χ2n) is 5.72. The normalized spacial score (nSPS) is 14.5. The van der Waals surface area contributed by atoms with Crippen molar-refractivity contribution in [3.05, 3.63) is 68.1 Å². The van der Waals surface area contributed by atoms with Crippen LogP contribution in [0.25, 0.3) is 0 Å². The lowest BCUT2D eigenvalue weighted by Gasteiger charge is -2.35. The highest BCUT2D eigenvalue weighted by Gasteiger charge is 2.26. The fraction of sp³-hybridized carbons (Fsp3) is 0.222. The first-order chi connectivity index (χ1) is 12.0. The van der Waals surface area contributed by atoms with Crippen molar-refractivity contribution >= 4 is 50.9 Å². The highest BCUT2D eigenvalue weighted by Crippen LogP contribution is 2.23. The SMILES string of the molecule is O=C(c1cccc(Br)c1)N1CCN(C(=O)c2ccc(Cl)cc2Cl)CC1. The summed E-state index contributed by atoms with van der Waals surface area (Å²) in [6, 6.07) is 12.1. The molecule has 25 heavy (non-hydrogen) atoms. The van der Waals surface area contributed by atoms with E-state index in [1.807, 2.05) is 12.1 Å². The van der Waals surface area contributed by atoms with E-state index >= 15 is 0 Å². The molecule has 0 atom stereocenters. The first kappa shape index (κ1) is 18.2. The molecule has 7 heteroatoms. The third-order valence-corrected chi connectivity index (χ3v) is 5.13. The van der Waals surface area contributed by atoms with E-state index in [4.69, 9.17) is 23.2 Å². The van der Waals surface area contributed by atoms with Crippen LogP contribution in [0.15, 0.2) is 46.9 Å². The molecule has 0 N–H and O–H groups in total. The first-order valence-corrected chi connectivity index (χ1v) is 9.30. The minimum atomic E-state index is -0.142. The van der Waals surface area contributed by atoms with Crippen molar-refractivity contribution in [1.29, 1.82) is 0 Å². The van der Waals surface area contributed by atoms with E-state index in [9.17, 15) is 9.59 Å². The van der Waals surface area contributed by atoms with Gasteiger partial charge in [-0.15, -0.1) is 0 Å². The summed E-state index contributed by atoms with van der Waals surface area (Å²) in [5, 5.41) is 0.830. The molecule has 1 aliphatic heterocycles. The molecule has 1 saturated heterocycles. The topological polar surface area (TPSA) is 40.6 Å². The summed E-state index contributed by atoms with van der Waals surface area (Å²) >= 11 is 15.4. The standard InChI is InChI=1S/C18H15BrCl2N2O2/c19-13-3-1-2-12(10-13)17(24)22-6-8-23(9-7-22)18(25)15-5-4-14(20)11-16(15)21/h1-5,10-11H,6-9H2. The average molecular weight is 442 g/mol. The molecule has 4 nitrogen and oxygen atoms in total. The zero-order valence-corrected chi connectivity index (χ0v) is 16.3. The molecule has 0 bridgehead atoms. The third kappa shape index (κ3) is 4.17. The summed E-state index contributed by atoms with van der Waals surface area (Å²) in [6.07, 6.45) is 0. The van der Waals surface area contributed by atoms with Crippen LogP contribution in [0.3, 0.4) is 0 Å². The van der Waals surface area contributed by atoms with Gasteiger partial charge in [-0.3, -0.25) is 9.59 Å². The van der Waals surface area contributed by atoms with Gasteiger partial charge in [-0.1, -0.05) is 45.2 Å². The summed E-state index contributed by atoms with van der Waals surface area (Å²) < 4.78 is 0.865. The molecule has 1 heterocycles. The van der Waals surface area contributed by atoms with Crippen molar-refractivity contribution in [3.63, 3.8) is 0 Å². The fourth-order valence-corrected chi connectivity index (χ4v) is 3.64. The zero-order valence-electron chi connectivity index (χ0n) is 13.2. The van der Waals surface area contributed by atoms with Crippen LogP contribution in [0.4, 0.5) is 0 Å². The van der Waals surface area contributed by atoms with Gasteiger partial charge in [0.05, 0.1) is 10.6 Å². The molecule has 0 saturated carbocycles. The Bertz CT molecular complexity index is 820. The zero-order chi connectivity index (χ0) is 18.0. The Kier molecular flexibility index (Phi) is 5.67. The van der Waals surface area contributed by atoms with Crippen molar-refractivity contribution in [3.8, 4) is 0 Å². The second-order valence-corrected chi connectivity index (χ2v) is 7.48. The lowest BCUT2D eigenvalue weighted by molar-refractivity contribution is 0.0535. The van der Waals surface area contributed by atoms with Gasteiger partial charge in [-0.2, -0.15) is 0 Å². The highest BCUT2D eigenvalue weighted by atomic mass is 79.9. The molecule has 0 aliphatic carbocycles. The summed E-state index contributed by atoms with van der Waals surface area (Å²) in [4.78, 5) is 28.6. The lowest BCUT2D eigenvalue weighted by Crippen LogP contribution is -2.50. The van der Waals surface area contributed by atoms with Gasteiger partial charge in [0, 0.05) is 41.2 Å². The van der Waals surface area contributed by atoms with Crippen molar-refractivity contribution in [1.82, 2.24) is 9.80 Å². The van der Waals surface area contributed by atoms with Crippen LogP contribution in [0.5, 0.6) is 0 Å². The predicted molar refractivity (Wildman–Crippen MR) is 102 cm³/mol. The molecule has 0 unspecified atom stereocenters. The van der Waals surface area contributed by atoms with Gasteiger partial charge in [0.2, 0.25) is 0 Å². The lowest BCUT2D eigenvalue weighted by atomic mass is 10.1. The van der Waals surface area contributed by atoms with E-state index in [1.54, 1.807) is 40.1 Å². The molecule has 2 amide bonds. The predicted octanol–water partition coefficient (Wildman–Crippen LogP) is 4.35. The number of hydrogen-bond donors (Lipinski definition) is 0. The van der Waals surface area contributed by atoms with Crippen LogP contribution >= 0.6 is 39.1 Å². The first-order valence-electron chi connectivity index (χ1n) is 7.75. The molecule has 130 valence electrons. The number of nitrogens with zero attached hydrogens (tertiary/aromatic N) is 2. The minimum Gasteiger partial charge on any atom is -0.335 e. The van der Waals surface area contributed by atoms with Gasteiger partial charge in [-0.25, -0.2) is 0 Å². The monoisotopic (exact) mass is 440 g/mol. The van der Waals surface area contributed by atoms with Crippen LogP contribution in [-0.4, -0.2) is 47.8 Å². The maximum atomic E-state index is 12.6. The number of hydrogen-bond acceptors (Lipinski definition) is 2. The number of carbonyl (C=O) groups is 2. The van der Waals surface area contributed by atoms with Gasteiger partial charge < -0.3 is 9.80 Å². The average Bonchev–Trinajstić information content (AvgIpc) is 2.61. The van der Waals surface area contributed by atoms with Crippen molar-refractivity contribution in [2.75, 3.05) is 26.2 Å². The molecule has 0 radical (unpaired) electrons. The largest absolute Gasteiger partial charge is 0.335 e. The number of halogens is 3. The molecule has 2 aromatic carbocycles. The maximum absolute atomic E-state index is 12.6. The summed E-state index contributed by atoms with van der Waals surface area (Å²) in [7, 11) is 0. The second kappa shape index (κ2) is 7.77. The number of piperazine rings is 1. The Morgan fingerprint density at radius 1 is 0.880 bits per heavy atom. The summed E-state index contributed by atoms with van der Waals surface area (Å²) in [6.45, 7) is 1.92. The summed E-state index contributed by atoms with van der Waals surface area (Å²) in [5.74, 6) is -0.172. The molecule has 0 aromatic heterocycles. The van der Waals surface area contributed by atoms with Gasteiger partial charge in [0.25, 0.3) is 11.8 Å². The van der Waals surface area contributed by atoms with Crippen LogP contribution in [-0.2, 0) is 0 Å². The molecule has 0 spiro atoms. The number of carbonyl (C=O) groups excluding carboxylic acids is 2.